The summed E-state index contributed by atoms with van der Waals surface area (Å²) in [5.41, 5.74) is 5.09. The number of benzene rings is 2. The molecule has 1 saturated heterocycles. The van der Waals surface area contributed by atoms with Crippen molar-refractivity contribution in [1.29, 1.82) is 0 Å². The highest BCUT2D eigenvalue weighted by molar-refractivity contribution is 5.97. The highest BCUT2D eigenvalue weighted by Gasteiger charge is 2.30. The molecule has 1 fully saturated rings. The molecule has 33 heavy (non-hydrogen) atoms. The normalized spacial score (nSPS) is 15.1. The fourth-order valence-corrected chi connectivity index (χ4v) is 4.95. The maximum absolute atomic E-state index is 13.5. The van der Waals surface area contributed by atoms with E-state index in [0.29, 0.717) is 19.0 Å². The molecule has 0 saturated carbocycles. The van der Waals surface area contributed by atoms with Crippen LogP contribution >= 0.6 is 0 Å². The number of hydrogen-bond donors (Lipinski definition) is 0. The van der Waals surface area contributed by atoms with Crippen molar-refractivity contribution in [1.82, 2.24) is 14.4 Å². The molecule has 4 aromatic rings. The van der Waals surface area contributed by atoms with Gasteiger partial charge in [-0.2, -0.15) is 0 Å². The second-order valence-electron chi connectivity index (χ2n) is 9.26. The van der Waals surface area contributed by atoms with Crippen LogP contribution in [0.3, 0.4) is 0 Å². The zero-order chi connectivity index (χ0) is 22.8. The molecule has 0 radical (unpaired) electrons. The fraction of sp³-hybridized carbons (Fsp3) is 0.321. The van der Waals surface area contributed by atoms with E-state index in [9.17, 15) is 4.79 Å². The van der Waals surface area contributed by atoms with E-state index in [1.165, 1.54) is 11.1 Å². The van der Waals surface area contributed by atoms with Gasteiger partial charge in [0.05, 0.1) is 17.8 Å². The first-order valence-corrected chi connectivity index (χ1v) is 11.8. The van der Waals surface area contributed by atoms with Crippen molar-refractivity contribution in [2.24, 2.45) is 5.92 Å². The summed E-state index contributed by atoms with van der Waals surface area (Å²) in [5, 5.41) is 0. The molecule has 0 aliphatic carbocycles. The quantitative estimate of drug-likeness (QED) is 0.400. The van der Waals surface area contributed by atoms with E-state index in [-0.39, 0.29) is 11.9 Å². The Labute approximate surface area is 195 Å². The number of aromatic nitrogens is 1. The number of hydrogen-bond acceptors (Lipinski definition) is 3. The van der Waals surface area contributed by atoms with E-state index in [0.717, 1.165) is 36.4 Å². The van der Waals surface area contributed by atoms with Gasteiger partial charge in [0, 0.05) is 44.9 Å². The van der Waals surface area contributed by atoms with Crippen molar-refractivity contribution in [2.45, 2.75) is 26.4 Å². The van der Waals surface area contributed by atoms with Crippen molar-refractivity contribution in [3.63, 3.8) is 0 Å². The molecule has 0 N–H and O–H groups in total. The number of piperazine rings is 1. The van der Waals surface area contributed by atoms with E-state index in [4.69, 9.17) is 4.42 Å². The molecule has 2 aromatic heterocycles. The van der Waals surface area contributed by atoms with E-state index < -0.39 is 0 Å². The van der Waals surface area contributed by atoms with Gasteiger partial charge in [0.25, 0.3) is 5.91 Å². The maximum Gasteiger partial charge on any atom is 0.270 e. The van der Waals surface area contributed by atoms with Crippen LogP contribution in [0, 0.1) is 5.92 Å². The monoisotopic (exact) mass is 441 g/mol. The number of carbonyl (C=O) groups is 1. The highest BCUT2D eigenvalue weighted by atomic mass is 16.3. The summed E-state index contributed by atoms with van der Waals surface area (Å²) < 4.78 is 7.72. The number of nitrogens with zero attached hydrogens (tertiary/aromatic N) is 3. The molecule has 5 nitrogen and oxygen atoms in total. The third-order valence-electron chi connectivity index (χ3n) is 6.49. The van der Waals surface area contributed by atoms with Crippen LogP contribution in [0.25, 0.3) is 11.1 Å². The zero-order valence-electron chi connectivity index (χ0n) is 19.4. The van der Waals surface area contributed by atoms with Crippen LogP contribution in [0.2, 0.25) is 0 Å². The summed E-state index contributed by atoms with van der Waals surface area (Å²) in [4.78, 5) is 18.0. The third kappa shape index (κ3) is 4.33. The first-order chi connectivity index (χ1) is 16.1. The summed E-state index contributed by atoms with van der Waals surface area (Å²) in [6.45, 7) is 8.24. The maximum atomic E-state index is 13.5. The van der Waals surface area contributed by atoms with Gasteiger partial charge in [-0.15, -0.1) is 0 Å². The lowest BCUT2D eigenvalue weighted by molar-refractivity contribution is 0.0587. The predicted molar refractivity (Wildman–Crippen MR) is 131 cm³/mol. The number of rotatable bonds is 6. The molecule has 0 atom stereocenters. The second kappa shape index (κ2) is 9.28. The Morgan fingerprint density at radius 1 is 0.879 bits per heavy atom. The number of fused-ring (bicyclic) bond motifs is 1. The van der Waals surface area contributed by atoms with Crippen LogP contribution in [0.15, 0.2) is 83.5 Å². The Hall–Kier alpha value is -3.31. The second-order valence-corrected chi connectivity index (χ2v) is 9.26. The van der Waals surface area contributed by atoms with Crippen molar-refractivity contribution in [2.75, 3.05) is 26.2 Å². The van der Waals surface area contributed by atoms with Crippen molar-refractivity contribution < 1.29 is 9.21 Å². The molecule has 3 heterocycles. The molecule has 5 rings (SSSR count). The summed E-state index contributed by atoms with van der Waals surface area (Å²) in [6.07, 6.45) is 1.70. The Morgan fingerprint density at radius 2 is 1.48 bits per heavy atom. The van der Waals surface area contributed by atoms with Crippen LogP contribution in [0.5, 0.6) is 0 Å². The average molecular weight is 442 g/mol. The van der Waals surface area contributed by atoms with Crippen molar-refractivity contribution >= 4 is 17.0 Å². The van der Waals surface area contributed by atoms with E-state index in [2.05, 4.69) is 84.0 Å². The summed E-state index contributed by atoms with van der Waals surface area (Å²) >= 11 is 0. The first kappa shape index (κ1) is 21.5. The molecule has 2 aromatic carbocycles. The Morgan fingerprint density at radius 3 is 2.06 bits per heavy atom. The minimum atomic E-state index is 0.0951. The van der Waals surface area contributed by atoms with Gasteiger partial charge in [-0.05, 0) is 17.0 Å². The summed E-state index contributed by atoms with van der Waals surface area (Å²) in [5.74, 6) is 0.536. The fourth-order valence-electron chi connectivity index (χ4n) is 4.95. The molecular formula is C28H31N3O2. The minimum Gasteiger partial charge on any atom is -0.463 e. The first-order valence-electron chi connectivity index (χ1n) is 11.8. The molecular weight excluding hydrogens is 410 g/mol. The lowest BCUT2D eigenvalue weighted by Crippen LogP contribution is -2.50. The van der Waals surface area contributed by atoms with Gasteiger partial charge in [-0.25, -0.2) is 0 Å². The third-order valence-corrected chi connectivity index (χ3v) is 6.49. The van der Waals surface area contributed by atoms with Gasteiger partial charge < -0.3 is 13.9 Å². The molecule has 1 aliphatic rings. The van der Waals surface area contributed by atoms with E-state index >= 15 is 0 Å². The topological polar surface area (TPSA) is 41.6 Å². The Balaban J connectivity index is 1.36. The SMILES string of the molecule is CC(C)Cn1c(C(=O)N2CCN(C(c3ccccc3)c3ccccc3)CC2)cc2occc21. The van der Waals surface area contributed by atoms with Crippen molar-refractivity contribution in [3.8, 4) is 0 Å². The highest BCUT2D eigenvalue weighted by Crippen LogP contribution is 2.30. The predicted octanol–water partition coefficient (Wildman–Crippen LogP) is 5.44. The summed E-state index contributed by atoms with van der Waals surface area (Å²) in [7, 11) is 0. The molecule has 0 bridgehead atoms. The molecule has 0 unspecified atom stereocenters. The van der Waals surface area contributed by atoms with Crippen molar-refractivity contribution in [3.05, 3.63) is 95.9 Å². The molecule has 1 amide bonds. The number of furan rings is 1. The molecule has 170 valence electrons. The number of amides is 1. The largest absolute Gasteiger partial charge is 0.463 e. The van der Waals surface area contributed by atoms with Crippen LogP contribution in [-0.2, 0) is 6.54 Å². The van der Waals surface area contributed by atoms with Gasteiger partial charge in [0.2, 0.25) is 0 Å². The van der Waals surface area contributed by atoms with E-state index in [1.807, 2.05) is 17.0 Å². The van der Waals surface area contributed by atoms with E-state index in [1.54, 1.807) is 6.26 Å². The van der Waals surface area contributed by atoms with Gasteiger partial charge in [-0.3, -0.25) is 9.69 Å². The van der Waals surface area contributed by atoms with Gasteiger partial charge >= 0.3 is 0 Å². The van der Waals surface area contributed by atoms with Crippen LogP contribution in [-0.4, -0.2) is 46.5 Å². The lowest BCUT2D eigenvalue weighted by atomic mass is 9.96. The summed E-state index contributed by atoms with van der Waals surface area (Å²) in [6, 6.07) is 25.4. The van der Waals surface area contributed by atoms with Crippen LogP contribution in [0.4, 0.5) is 0 Å². The van der Waals surface area contributed by atoms with Crippen LogP contribution in [0.1, 0.15) is 41.5 Å². The molecule has 1 aliphatic heterocycles. The van der Waals surface area contributed by atoms with Crippen LogP contribution < -0.4 is 0 Å². The lowest BCUT2D eigenvalue weighted by Gasteiger charge is -2.40. The minimum absolute atomic E-state index is 0.0951. The Bertz CT molecular complexity index is 1160. The van der Waals surface area contributed by atoms with Gasteiger partial charge in [0.1, 0.15) is 5.69 Å². The zero-order valence-corrected chi connectivity index (χ0v) is 19.4. The Kier molecular flexibility index (Phi) is 6.05. The standard InChI is InChI=1S/C28H31N3O2/c1-21(2)20-31-24-13-18-33-26(24)19-25(31)28(32)30-16-14-29(15-17-30)27(22-9-5-3-6-10-22)23-11-7-4-8-12-23/h3-13,18-19,21,27H,14-17,20H2,1-2H3. The van der Waals surface area contributed by atoms with Gasteiger partial charge in [-0.1, -0.05) is 74.5 Å². The van der Waals surface area contributed by atoms with Gasteiger partial charge in [0.15, 0.2) is 5.58 Å². The molecule has 5 heteroatoms. The average Bonchev–Trinajstić information content (AvgIpc) is 3.43. The molecule has 0 spiro atoms. The number of carbonyl (C=O) groups excluding carboxylic acids is 1. The smallest absolute Gasteiger partial charge is 0.270 e.